The van der Waals surface area contributed by atoms with Crippen molar-refractivity contribution in [1.29, 1.82) is 0 Å². The molecule has 1 rings (SSSR count). The third-order valence-corrected chi connectivity index (χ3v) is 2.67. The number of rotatable bonds is 2. The molecule has 0 atom stereocenters. The fraction of sp³-hybridized carbons (Fsp3) is 0.286. The highest BCUT2D eigenvalue weighted by molar-refractivity contribution is 9.10. The minimum Gasteiger partial charge on any atom is -0.320 e. The molecule has 72 valence electrons. The summed E-state index contributed by atoms with van der Waals surface area (Å²) in [6, 6.07) is 1.38. The summed E-state index contributed by atoms with van der Waals surface area (Å²) in [5.41, 5.74) is -0.494. The van der Waals surface area contributed by atoms with E-state index in [2.05, 4.69) is 36.8 Å². The quantitative estimate of drug-likeness (QED) is 0.836. The molecule has 0 aliphatic heterocycles. The molecule has 6 heteroatoms. The van der Waals surface area contributed by atoms with E-state index in [0.717, 1.165) is 0 Å². The van der Waals surface area contributed by atoms with Gasteiger partial charge in [0.25, 0.3) is 12.0 Å². The summed E-state index contributed by atoms with van der Waals surface area (Å²) >= 11 is 6.02. The smallest absolute Gasteiger partial charge is 0.278 e. The number of nitrogens with one attached hydrogen (secondary N) is 1. The Kier molecular flexibility index (Phi) is 3.61. The summed E-state index contributed by atoms with van der Waals surface area (Å²) in [6.07, 6.45) is -2.66. The Morgan fingerprint density at radius 2 is 2.15 bits per heavy atom. The number of aromatic nitrogens is 1. The van der Waals surface area contributed by atoms with Crippen molar-refractivity contribution in [2.45, 2.75) is 11.8 Å². The minimum atomic E-state index is -2.66. The van der Waals surface area contributed by atoms with Crippen molar-refractivity contribution in [2.24, 2.45) is 0 Å². The lowest BCUT2D eigenvalue weighted by atomic mass is 10.2. The first-order valence-electron chi connectivity index (χ1n) is 3.32. The molecule has 0 aliphatic carbocycles. The van der Waals surface area contributed by atoms with Crippen molar-refractivity contribution in [1.82, 2.24) is 4.98 Å². The first kappa shape index (κ1) is 10.8. The molecule has 1 aromatic rings. The Morgan fingerprint density at radius 1 is 1.54 bits per heavy atom. The maximum Gasteiger partial charge on any atom is 0.278 e. The van der Waals surface area contributed by atoms with Crippen molar-refractivity contribution in [2.75, 3.05) is 0 Å². The number of pyridine rings is 1. The third-order valence-electron chi connectivity index (χ3n) is 1.47. The topological polar surface area (TPSA) is 32.9 Å². The average molecular weight is 317 g/mol. The molecule has 0 aromatic carbocycles. The first-order valence-corrected chi connectivity index (χ1v) is 5.23. The number of aromatic amines is 1. The molecular formula is C7H5Br2F2NO. The van der Waals surface area contributed by atoms with Crippen LogP contribution in [-0.4, -0.2) is 4.98 Å². The summed E-state index contributed by atoms with van der Waals surface area (Å²) in [5, 5.41) is 0.280. The molecule has 0 fully saturated rings. The van der Waals surface area contributed by atoms with Crippen molar-refractivity contribution in [3.05, 3.63) is 32.2 Å². The van der Waals surface area contributed by atoms with E-state index in [1.807, 2.05) is 0 Å². The molecule has 0 saturated heterocycles. The predicted octanol–water partition coefficient (Wildman–Crippen LogP) is 2.97. The normalized spacial score (nSPS) is 10.8. The van der Waals surface area contributed by atoms with Crippen molar-refractivity contribution in [3.8, 4) is 0 Å². The summed E-state index contributed by atoms with van der Waals surface area (Å²) in [7, 11) is 0. The van der Waals surface area contributed by atoms with Gasteiger partial charge in [0.05, 0.1) is 10.2 Å². The molecule has 0 bridgehead atoms. The van der Waals surface area contributed by atoms with E-state index in [-0.39, 0.29) is 15.5 Å². The van der Waals surface area contributed by atoms with Crippen LogP contribution in [0.2, 0.25) is 0 Å². The van der Waals surface area contributed by atoms with E-state index in [9.17, 15) is 13.6 Å². The highest BCUT2D eigenvalue weighted by Crippen LogP contribution is 2.22. The van der Waals surface area contributed by atoms with Crippen molar-refractivity contribution < 1.29 is 8.78 Å². The lowest BCUT2D eigenvalue weighted by Crippen LogP contribution is -2.12. The highest BCUT2D eigenvalue weighted by atomic mass is 79.9. The van der Waals surface area contributed by atoms with Crippen LogP contribution in [0.3, 0.4) is 0 Å². The Balaban J connectivity index is 3.33. The third kappa shape index (κ3) is 2.37. The van der Waals surface area contributed by atoms with Gasteiger partial charge in [-0.05, 0) is 27.6 Å². The lowest BCUT2D eigenvalue weighted by Gasteiger charge is -2.05. The molecule has 0 radical (unpaired) electrons. The maximum atomic E-state index is 12.3. The zero-order chi connectivity index (χ0) is 10.0. The second-order valence-corrected chi connectivity index (χ2v) is 3.73. The predicted molar refractivity (Wildman–Crippen MR) is 52.4 cm³/mol. The van der Waals surface area contributed by atoms with Crippen LogP contribution in [0.5, 0.6) is 0 Å². The summed E-state index contributed by atoms with van der Waals surface area (Å²) in [6.45, 7) is 0. The first-order chi connectivity index (χ1) is 6.06. The zero-order valence-electron chi connectivity index (χ0n) is 6.28. The van der Waals surface area contributed by atoms with Gasteiger partial charge < -0.3 is 4.98 Å². The minimum absolute atomic E-state index is 0.256. The molecule has 2 nitrogen and oxygen atoms in total. The van der Waals surface area contributed by atoms with E-state index < -0.39 is 12.0 Å². The van der Waals surface area contributed by atoms with E-state index >= 15 is 0 Å². The number of hydrogen-bond donors (Lipinski definition) is 1. The summed E-state index contributed by atoms with van der Waals surface area (Å²) in [4.78, 5) is 13.1. The van der Waals surface area contributed by atoms with Gasteiger partial charge in [0, 0.05) is 5.33 Å². The molecule has 0 saturated carbocycles. The van der Waals surface area contributed by atoms with Crippen LogP contribution in [0.4, 0.5) is 8.78 Å². The maximum absolute atomic E-state index is 12.3. The van der Waals surface area contributed by atoms with Crippen molar-refractivity contribution >= 4 is 31.9 Å². The van der Waals surface area contributed by atoms with Crippen LogP contribution < -0.4 is 5.56 Å². The number of halogens is 4. The van der Waals surface area contributed by atoms with Crippen LogP contribution in [0.25, 0.3) is 0 Å². The largest absolute Gasteiger partial charge is 0.320 e. The fourth-order valence-electron chi connectivity index (χ4n) is 0.864. The van der Waals surface area contributed by atoms with E-state index in [4.69, 9.17) is 0 Å². The second-order valence-electron chi connectivity index (χ2n) is 2.32. The summed E-state index contributed by atoms with van der Waals surface area (Å²) in [5.74, 6) is 0. The molecule has 13 heavy (non-hydrogen) atoms. The van der Waals surface area contributed by atoms with Gasteiger partial charge in [-0.3, -0.25) is 4.79 Å². The number of H-pyrrole nitrogens is 1. The van der Waals surface area contributed by atoms with Crippen LogP contribution >= 0.6 is 31.9 Å². The second kappa shape index (κ2) is 4.32. The Hall–Kier alpha value is -0.230. The molecule has 1 heterocycles. The Bertz CT molecular complexity index is 364. The lowest BCUT2D eigenvalue weighted by molar-refractivity contribution is 0.145. The summed E-state index contributed by atoms with van der Waals surface area (Å²) < 4.78 is 24.9. The molecule has 1 N–H and O–H groups in total. The van der Waals surface area contributed by atoms with E-state index in [0.29, 0.717) is 5.56 Å². The molecule has 0 aliphatic rings. The Labute approximate surface area is 89.6 Å². The van der Waals surface area contributed by atoms with Gasteiger partial charge in [-0.25, -0.2) is 8.78 Å². The monoisotopic (exact) mass is 315 g/mol. The van der Waals surface area contributed by atoms with E-state index in [1.165, 1.54) is 6.07 Å². The van der Waals surface area contributed by atoms with Gasteiger partial charge in [-0.15, -0.1) is 0 Å². The Morgan fingerprint density at radius 3 is 2.62 bits per heavy atom. The van der Waals surface area contributed by atoms with Crippen LogP contribution in [-0.2, 0) is 5.33 Å². The highest BCUT2D eigenvalue weighted by Gasteiger charge is 2.14. The van der Waals surface area contributed by atoms with Crippen molar-refractivity contribution in [3.63, 3.8) is 0 Å². The molecule has 0 unspecified atom stereocenters. The molecule has 0 spiro atoms. The molecular weight excluding hydrogens is 312 g/mol. The van der Waals surface area contributed by atoms with Crippen LogP contribution in [0.15, 0.2) is 15.3 Å². The fourth-order valence-corrected chi connectivity index (χ4v) is 1.70. The standard InChI is InChI=1S/C7H5Br2F2NO/c8-2-3-1-4(9)7(13)12-5(3)6(10)11/h1,6H,2H2,(H,12,13). The van der Waals surface area contributed by atoms with Gasteiger partial charge in [-0.1, -0.05) is 15.9 Å². The molecule has 0 amide bonds. The zero-order valence-corrected chi connectivity index (χ0v) is 9.45. The number of alkyl halides is 3. The van der Waals surface area contributed by atoms with Crippen LogP contribution in [0, 0.1) is 0 Å². The molecule has 1 aromatic heterocycles. The van der Waals surface area contributed by atoms with Gasteiger partial charge in [-0.2, -0.15) is 0 Å². The van der Waals surface area contributed by atoms with Gasteiger partial charge in [0.1, 0.15) is 0 Å². The van der Waals surface area contributed by atoms with Crippen LogP contribution in [0.1, 0.15) is 17.7 Å². The van der Waals surface area contributed by atoms with Gasteiger partial charge in [0.2, 0.25) is 0 Å². The van der Waals surface area contributed by atoms with Gasteiger partial charge in [0.15, 0.2) is 0 Å². The van der Waals surface area contributed by atoms with E-state index in [1.54, 1.807) is 0 Å². The average Bonchev–Trinajstić information content (AvgIpc) is 2.08. The number of hydrogen-bond acceptors (Lipinski definition) is 1. The SMILES string of the molecule is O=c1[nH]c(C(F)F)c(CBr)cc1Br. The van der Waals surface area contributed by atoms with Gasteiger partial charge >= 0.3 is 0 Å².